The van der Waals surface area contributed by atoms with Gasteiger partial charge in [0.2, 0.25) is 0 Å². The van der Waals surface area contributed by atoms with E-state index < -0.39 is 0 Å². The zero-order chi connectivity index (χ0) is 7.56. The van der Waals surface area contributed by atoms with Crippen LogP contribution in [-0.4, -0.2) is 4.98 Å². The third-order valence-electron chi connectivity index (χ3n) is 1.37. The Bertz CT molecular complexity index is 237. The molecule has 0 saturated heterocycles. The zero-order valence-corrected chi connectivity index (χ0v) is 7.15. The normalized spacial score (nSPS) is 9.90. The Labute approximate surface area is 67.4 Å². The Morgan fingerprint density at radius 1 is 1.70 bits per heavy atom. The van der Waals surface area contributed by atoms with Gasteiger partial charge in [-0.1, -0.05) is 15.9 Å². The maximum absolute atomic E-state index is 12.7. The second-order valence-electron chi connectivity index (χ2n) is 2.00. The van der Waals surface area contributed by atoms with Gasteiger partial charge in [0.05, 0.1) is 5.69 Å². The summed E-state index contributed by atoms with van der Waals surface area (Å²) in [5, 5.41) is 0.608. The highest BCUT2D eigenvalue weighted by molar-refractivity contribution is 9.08. The minimum absolute atomic E-state index is 0.190. The van der Waals surface area contributed by atoms with Crippen molar-refractivity contribution in [2.24, 2.45) is 0 Å². The lowest BCUT2D eigenvalue weighted by Crippen LogP contribution is -1.92. The van der Waals surface area contributed by atoms with E-state index in [-0.39, 0.29) is 5.82 Å². The third kappa shape index (κ3) is 1.34. The van der Waals surface area contributed by atoms with Crippen molar-refractivity contribution in [3.63, 3.8) is 0 Å². The molecule has 0 aliphatic heterocycles. The Morgan fingerprint density at radius 3 is 2.90 bits per heavy atom. The Kier molecular flexibility index (Phi) is 2.38. The summed E-state index contributed by atoms with van der Waals surface area (Å²) in [6.45, 7) is 1.72. The number of halogens is 2. The van der Waals surface area contributed by atoms with Crippen LogP contribution in [0.15, 0.2) is 12.3 Å². The summed E-state index contributed by atoms with van der Waals surface area (Å²) in [6.07, 6.45) is 1.47. The van der Waals surface area contributed by atoms with Crippen LogP contribution in [0.5, 0.6) is 0 Å². The summed E-state index contributed by atoms with van der Waals surface area (Å²) in [5.41, 5.74) is 1.39. The van der Waals surface area contributed by atoms with Gasteiger partial charge in [0.15, 0.2) is 0 Å². The number of alkyl halides is 1. The molecule has 1 aromatic rings. The molecule has 1 nitrogen and oxygen atoms in total. The van der Waals surface area contributed by atoms with Crippen LogP contribution in [0.25, 0.3) is 0 Å². The topological polar surface area (TPSA) is 12.9 Å². The Hall–Kier alpha value is -0.440. The van der Waals surface area contributed by atoms with Crippen LogP contribution >= 0.6 is 15.9 Å². The number of hydrogen-bond acceptors (Lipinski definition) is 1. The monoisotopic (exact) mass is 203 g/mol. The van der Waals surface area contributed by atoms with Gasteiger partial charge < -0.3 is 0 Å². The Morgan fingerprint density at radius 2 is 2.40 bits per heavy atom. The van der Waals surface area contributed by atoms with Crippen molar-refractivity contribution in [2.75, 3.05) is 0 Å². The fourth-order valence-corrected chi connectivity index (χ4v) is 1.25. The SMILES string of the molecule is Cc1c(F)ccnc1CBr. The fraction of sp³-hybridized carbons (Fsp3) is 0.286. The van der Waals surface area contributed by atoms with Crippen molar-refractivity contribution in [1.82, 2.24) is 4.98 Å². The van der Waals surface area contributed by atoms with Crippen LogP contribution in [0.3, 0.4) is 0 Å². The molecule has 0 spiro atoms. The molecule has 0 N–H and O–H groups in total. The fourth-order valence-electron chi connectivity index (χ4n) is 0.687. The van der Waals surface area contributed by atoms with Crippen LogP contribution in [0.1, 0.15) is 11.3 Å². The number of hydrogen-bond donors (Lipinski definition) is 0. The molecule has 0 bridgehead atoms. The molecule has 0 radical (unpaired) electrons. The smallest absolute Gasteiger partial charge is 0.129 e. The van der Waals surface area contributed by atoms with Crippen molar-refractivity contribution in [3.05, 3.63) is 29.3 Å². The molecular weight excluding hydrogens is 197 g/mol. The largest absolute Gasteiger partial charge is 0.260 e. The molecule has 1 aromatic heterocycles. The molecule has 10 heavy (non-hydrogen) atoms. The molecule has 1 heterocycles. The van der Waals surface area contributed by atoms with Crippen molar-refractivity contribution in [1.29, 1.82) is 0 Å². The molecule has 54 valence electrons. The zero-order valence-electron chi connectivity index (χ0n) is 5.56. The van der Waals surface area contributed by atoms with E-state index in [9.17, 15) is 4.39 Å². The van der Waals surface area contributed by atoms with E-state index in [1.807, 2.05) is 0 Å². The quantitative estimate of drug-likeness (QED) is 0.640. The lowest BCUT2D eigenvalue weighted by Gasteiger charge is -1.99. The highest BCUT2D eigenvalue weighted by Gasteiger charge is 2.01. The average molecular weight is 204 g/mol. The molecule has 0 atom stereocenters. The number of aromatic nitrogens is 1. The van der Waals surface area contributed by atoms with Gasteiger partial charge in [0, 0.05) is 17.1 Å². The van der Waals surface area contributed by atoms with Crippen molar-refractivity contribution >= 4 is 15.9 Å². The van der Waals surface area contributed by atoms with Gasteiger partial charge in [-0.05, 0) is 13.0 Å². The molecule has 0 aliphatic rings. The van der Waals surface area contributed by atoms with E-state index in [0.717, 1.165) is 5.69 Å². The lowest BCUT2D eigenvalue weighted by atomic mass is 10.2. The Balaban J connectivity index is 3.14. The summed E-state index contributed by atoms with van der Waals surface area (Å²) in [6, 6.07) is 1.36. The molecule has 0 fully saturated rings. The van der Waals surface area contributed by atoms with Crippen molar-refractivity contribution in [2.45, 2.75) is 12.3 Å². The second kappa shape index (κ2) is 3.10. The minimum Gasteiger partial charge on any atom is -0.260 e. The first-order chi connectivity index (χ1) is 4.75. The summed E-state index contributed by atoms with van der Waals surface area (Å²) < 4.78 is 12.7. The number of pyridine rings is 1. The van der Waals surface area contributed by atoms with Crippen LogP contribution in [0.4, 0.5) is 4.39 Å². The predicted molar refractivity (Wildman–Crippen MR) is 41.6 cm³/mol. The van der Waals surface area contributed by atoms with Gasteiger partial charge in [-0.25, -0.2) is 4.39 Å². The van der Waals surface area contributed by atoms with E-state index in [2.05, 4.69) is 20.9 Å². The van der Waals surface area contributed by atoms with Crippen molar-refractivity contribution in [3.8, 4) is 0 Å². The van der Waals surface area contributed by atoms with Gasteiger partial charge in [-0.2, -0.15) is 0 Å². The van der Waals surface area contributed by atoms with Crippen molar-refractivity contribution < 1.29 is 4.39 Å². The second-order valence-corrected chi connectivity index (χ2v) is 2.56. The van der Waals surface area contributed by atoms with Gasteiger partial charge in [0.1, 0.15) is 5.82 Å². The van der Waals surface area contributed by atoms with E-state index in [0.29, 0.717) is 10.9 Å². The van der Waals surface area contributed by atoms with E-state index >= 15 is 0 Å². The van der Waals surface area contributed by atoms with Gasteiger partial charge in [-0.15, -0.1) is 0 Å². The van der Waals surface area contributed by atoms with Gasteiger partial charge in [0.25, 0.3) is 0 Å². The standard InChI is InChI=1S/C7H7BrFN/c1-5-6(9)2-3-10-7(5)4-8/h2-3H,4H2,1H3. The summed E-state index contributed by atoms with van der Waals surface area (Å²) >= 11 is 3.21. The van der Waals surface area contributed by atoms with Crippen LogP contribution in [0, 0.1) is 12.7 Å². The molecule has 1 rings (SSSR count). The molecule has 0 saturated carbocycles. The first-order valence-corrected chi connectivity index (χ1v) is 4.04. The molecular formula is C7H7BrFN. The van der Waals surface area contributed by atoms with E-state index in [1.165, 1.54) is 12.3 Å². The first-order valence-electron chi connectivity index (χ1n) is 2.91. The van der Waals surface area contributed by atoms with Crippen LogP contribution in [0.2, 0.25) is 0 Å². The molecule has 0 aromatic carbocycles. The maximum Gasteiger partial charge on any atom is 0.129 e. The van der Waals surface area contributed by atoms with Crippen LogP contribution < -0.4 is 0 Å². The highest BCUT2D eigenvalue weighted by Crippen LogP contribution is 2.11. The molecule has 3 heteroatoms. The average Bonchev–Trinajstić information content (AvgIpc) is 1.95. The first kappa shape index (κ1) is 7.66. The maximum atomic E-state index is 12.7. The third-order valence-corrected chi connectivity index (χ3v) is 1.90. The summed E-state index contributed by atoms with van der Waals surface area (Å²) in [4.78, 5) is 3.97. The predicted octanol–water partition coefficient (Wildman–Crippen LogP) is 2.42. The lowest BCUT2D eigenvalue weighted by molar-refractivity contribution is 0.613. The summed E-state index contributed by atoms with van der Waals surface area (Å²) in [7, 11) is 0. The highest BCUT2D eigenvalue weighted by atomic mass is 79.9. The summed E-state index contributed by atoms with van der Waals surface area (Å²) in [5.74, 6) is -0.190. The molecule has 0 amide bonds. The molecule has 0 aliphatic carbocycles. The van der Waals surface area contributed by atoms with E-state index in [4.69, 9.17) is 0 Å². The van der Waals surface area contributed by atoms with Crippen LogP contribution in [-0.2, 0) is 5.33 Å². The molecule has 0 unspecified atom stereocenters. The van der Waals surface area contributed by atoms with Gasteiger partial charge in [-0.3, -0.25) is 4.98 Å². The minimum atomic E-state index is -0.190. The number of nitrogens with zero attached hydrogens (tertiary/aromatic N) is 1. The van der Waals surface area contributed by atoms with E-state index in [1.54, 1.807) is 6.92 Å². The number of rotatable bonds is 1. The van der Waals surface area contributed by atoms with Gasteiger partial charge >= 0.3 is 0 Å².